The molecule has 0 radical (unpaired) electrons. The van der Waals surface area contributed by atoms with Crippen molar-refractivity contribution in [1.29, 1.82) is 0 Å². The predicted octanol–water partition coefficient (Wildman–Crippen LogP) is 0.131. The number of aromatic nitrogens is 2. The smallest absolute Gasteiger partial charge is 0.326 e. The van der Waals surface area contributed by atoms with Gasteiger partial charge in [0.25, 0.3) is 5.56 Å². The largest absolute Gasteiger partial charge is 0.344 e. The fourth-order valence-corrected chi connectivity index (χ4v) is 1.03. The van der Waals surface area contributed by atoms with Gasteiger partial charge in [-0.25, -0.2) is 4.79 Å². The number of aromatic amines is 2. The molecule has 0 spiro atoms. The molecule has 0 aliphatic carbocycles. The molecule has 0 aliphatic rings. The normalized spacial score (nSPS) is 9.69. The molecule has 0 bridgehead atoms. The van der Waals surface area contributed by atoms with Gasteiger partial charge < -0.3 is 10.3 Å². The second-order valence-electron chi connectivity index (χ2n) is 2.59. The second kappa shape index (κ2) is 3.53. The molecule has 0 fully saturated rings. The first-order valence-corrected chi connectivity index (χ1v) is 4.02. The Balaban J connectivity index is 3.29. The Morgan fingerprint density at radius 3 is 2.46 bits per heavy atom. The van der Waals surface area contributed by atoms with Gasteiger partial charge in [0.15, 0.2) is 0 Å². The van der Waals surface area contributed by atoms with E-state index in [1.54, 1.807) is 13.8 Å². The zero-order chi connectivity index (χ0) is 10.0. The van der Waals surface area contributed by atoms with Gasteiger partial charge in [-0.1, -0.05) is 12.2 Å². The van der Waals surface area contributed by atoms with Crippen LogP contribution in [0, 0.1) is 6.92 Å². The average Bonchev–Trinajstić information content (AvgIpc) is 1.96. The van der Waals surface area contributed by atoms with E-state index < -0.39 is 11.2 Å². The van der Waals surface area contributed by atoms with Gasteiger partial charge in [0, 0.05) is 5.69 Å². The molecule has 0 unspecified atom stereocenters. The zero-order valence-electron chi connectivity index (χ0n) is 7.22. The number of anilines is 1. The van der Waals surface area contributed by atoms with Crippen LogP contribution in [-0.2, 0) is 0 Å². The molecule has 0 aliphatic heterocycles. The molecule has 70 valence electrons. The number of rotatable bonds is 1. The van der Waals surface area contributed by atoms with Crippen molar-refractivity contribution in [3.8, 4) is 0 Å². The average molecular weight is 199 g/mol. The van der Waals surface area contributed by atoms with Gasteiger partial charge in [-0.15, -0.1) is 0 Å². The van der Waals surface area contributed by atoms with Crippen molar-refractivity contribution in [1.82, 2.24) is 9.97 Å². The highest BCUT2D eigenvalue weighted by molar-refractivity contribution is 7.80. The van der Waals surface area contributed by atoms with Gasteiger partial charge in [-0.05, 0) is 13.8 Å². The molecule has 1 aromatic heterocycles. The van der Waals surface area contributed by atoms with Gasteiger partial charge in [-0.3, -0.25) is 9.78 Å². The van der Waals surface area contributed by atoms with Crippen molar-refractivity contribution in [3.63, 3.8) is 0 Å². The number of nitrogens with one attached hydrogen (secondary N) is 3. The van der Waals surface area contributed by atoms with Crippen molar-refractivity contribution in [2.24, 2.45) is 0 Å². The van der Waals surface area contributed by atoms with Crippen LogP contribution in [0.5, 0.6) is 0 Å². The van der Waals surface area contributed by atoms with Crippen molar-refractivity contribution < 1.29 is 0 Å². The van der Waals surface area contributed by atoms with E-state index in [4.69, 9.17) is 12.2 Å². The summed E-state index contributed by atoms with van der Waals surface area (Å²) in [5.74, 6) is 0. The molecule has 0 amide bonds. The molecule has 6 heteroatoms. The molecule has 5 nitrogen and oxygen atoms in total. The summed E-state index contributed by atoms with van der Waals surface area (Å²) >= 11 is 4.77. The molecular weight excluding hydrogens is 190 g/mol. The maximum Gasteiger partial charge on any atom is 0.326 e. The van der Waals surface area contributed by atoms with E-state index in [-0.39, 0.29) is 5.69 Å². The fourth-order valence-electron chi connectivity index (χ4n) is 0.927. The maximum absolute atomic E-state index is 11.2. The quantitative estimate of drug-likeness (QED) is 0.562. The van der Waals surface area contributed by atoms with Crippen LogP contribution in [0.25, 0.3) is 0 Å². The summed E-state index contributed by atoms with van der Waals surface area (Å²) < 4.78 is 0. The second-order valence-corrected chi connectivity index (χ2v) is 3.20. The summed E-state index contributed by atoms with van der Waals surface area (Å²) in [7, 11) is 0. The summed E-state index contributed by atoms with van der Waals surface area (Å²) in [6.07, 6.45) is 0. The summed E-state index contributed by atoms with van der Waals surface area (Å²) in [5.41, 5.74) is -0.231. The molecule has 3 N–H and O–H groups in total. The summed E-state index contributed by atoms with van der Waals surface area (Å²) in [5, 5.41) is 2.69. The Hall–Kier alpha value is -1.43. The Morgan fingerprint density at radius 1 is 1.38 bits per heavy atom. The van der Waals surface area contributed by atoms with E-state index >= 15 is 0 Å². The number of hydrogen-bond acceptors (Lipinski definition) is 3. The lowest BCUT2D eigenvalue weighted by Gasteiger charge is -2.04. The minimum Gasteiger partial charge on any atom is -0.344 e. The molecule has 0 atom stereocenters. The number of hydrogen-bond donors (Lipinski definition) is 3. The molecule has 1 heterocycles. The Morgan fingerprint density at radius 2 is 2.00 bits per heavy atom. The van der Waals surface area contributed by atoms with Crippen LogP contribution in [-0.4, -0.2) is 15.0 Å². The van der Waals surface area contributed by atoms with Crippen LogP contribution in [0.1, 0.15) is 12.6 Å². The van der Waals surface area contributed by atoms with E-state index in [0.29, 0.717) is 10.7 Å². The third-order valence-electron chi connectivity index (χ3n) is 1.43. The van der Waals surface area contributed by atoms with E-state index in [9.17, 15) is 9.59 Å². The number of aryl methyl sites for hydroxylation is 1. The van der Waals surface area contributed by atoms with E-state index in [1.165, 1.54) is 0 Å². The molecule has 13 heavy (non-hydrogen) atoms. The summed E-state index contributed by atoms with van der Waals surface area (Å²) in [6.45, 7) is 3.27. The highest BCUT2D eigenvalue weighted by atomic mass is 32.1. The predicted molar refractivity (Wildman–Crippen MR) is 54.3 cm³/mol. The van der Waals surface area contributed by atoms with E-state index in [2.05, 4.69) is 15.3 Å². The lowest BCUT2D eigenvalue weighted by molar-refractivity contribution is 1.000. The summed E-state index contributed by atoms with van der Waals surface area (Å²) in [6, 6.07) is 0. The lowest BCUT2D eigenvalue weighted by atomic mass is 10.3. The zero-order valence-corrected chi connectivity index (χ0v) is 8.04. The van der Waals surface area contributed by atoms with Gasteiger partial charge in [-0.2, -0.15) is 0 Å². The van der Waals surface area contributed by atoms with Crippen molar-refractivity contribution in [2.75, 3.05) is 5.32 Å². The third-order valence-corrected chi connectivity index (χ3v) is 1.53. The van der Waals surface area contributed by atoms with Crippen LogP contribution in [0.4, 0.5) is 5.69 Å². The molecule has 0 saturated carbocycles. The van der Waals surface area contributed by atoms with Crippen LogP contribution in [0.3, 0.4) is 0 Å². The van der Waals surface area contributed by atoms with Gasteiger partial charge >= 0.3 is 5.69 Å². The molecule has 1 aromatic rings. The van der Waals surface area contributed by atoms with E-state index in [0.717, 1.165) is 0 Å². The maximum atomic E-state index is 11.2. The van der Waals surface area contributed by atoms with Crippen LogP contribution < -0.4 is 16.6 Å². The topological polar surface area (TPSA) is 77.8 Å². The van der Waals surface area contributed by atoms with Crippen LogP contribution >= 0.6 is 12.2 Å². The van der Waals surface area contributed by atoms with Crippen molar-refractivity contribution >= 4 is 22.9 Å². The number of H-pyrrole nitrogens is 2. The third kappa shape index (κ3) is 2.25. The number of thiocarbonyl (C=S) groups is 1. The Labute approximate surface area is 79.2 Å². The van der Waals surface area contributed by atoms with Gasteiger partial charge in [0.05, 0.1) is 4.99 Å². The fraction of sp³-hybridized carbons (Fsp3) is 0.286. The Bertz CT molecular complexity index is 446. The summed E-state index contributed by atoms with van der Waals surface area (Å²) in [4.78, 5) is 27.0. The monoisotopic (exact) mass is 199 g/mol. The lowest BCUT2D eigenvalue weighted by Crippen LogP contribution is -2.27. The SMILES string of the molecule is CC(=S)Nc1c(C)[nH]c(=O)[nH]c1=O. The molecule has 0 saturated heterocycles. The van der Waals surface area contributed by atoms with Crippen molar-refractivity contribution in [2.45, 2.75) is 13.8 Å². The Kier molecular flexibility index (Phi) is 2.62. The van der Waals surface area contributed by atoms with Crippen LogP contribution in [0.2, 0.25) is 0 Å². The molecular formula is C7H9N3O2S. The standard InChI is InChI=1S/C7H9N3O2S/c1-3-5(9-4(2)13)6(11)10-7(12)8-3/h1-2H3,(H,9,13)(H2,8,10,11,12). The minimum atomic E-state index is -0.518. The van der Waals surface area contributed by atoms with Crippen LogP contribution in [0.15, 0.2) is 9.59 Å². The first-order chi connectivity index (χ1) is 6.00. The highest BCUT2D eigenvalue weighted by Crippen LogP contribution is 2.01. The van der Waals surface area contributed by atoms with Gasteiger partial charge in [0.1, 0.15) is 5.69 Å². The van der Waals surface area contributed by atoms with Crippen molar-refractivity contribution in [3.05, 3.63) is 26.5 Å². The molecule has 1 rings (SSSR count). The minimum absolute atomic E-state index is 0.284. The van der Waals surface area contributed by atoms with Gasteiger partial charge in [0.2, 0.25) is 0 Å². The van der Waals surface area contributed by atoms with E-state index in [1.807, 2.05) is 0 Å². The highest BCUT2D eigenvalue weighted by Gasteiger charge is 2.04. The first-order valence-electron chi connectivity index (χ1n) is 3.61. The molecule has 0 aromatic carbocycles. The first kappa shape index (κ1) is 9.66.